The molecule has 29 heavy (non-hydrogen) atoms. The van der Waals surface area contributed by atoms with Gasteiger partial charge in [-0.1, -0.05) is 54.6 Å². The quantitative estimate of drug-likeness (QED) is 0.513. The number of carbonyl (C=O) groups excluding carboxylic acids is 1. The Kier molecular flexibility index (Phi) is 4.60. The number of amides is 1. The molecular weight excluding hydrogens is 360 g/mol. The van der Waals surface area contributed by atoms with E-state index in [1.807, 2.05) is 72.8 Å². The summed E-state index contributed by atoms with van der Waals surface area (Å²) < 4.78 is 6.22. The number of benzene rings is 3. The second-order valence-corrected chi connectivity index (χ2v) is 7.55. The summed E-state index contributed by atoms with van der Waals surface area (Å²) in [7, 11) is 0. The highest BCUT2D eigenvalue weighted by atomic mass is 16.5. The second kappa shape index (κ2) is 7.55. The van der Waals surface area contributed by atoms with E-state index in [0.29, 0.717) is 17.9 Å². The Morgan fingerprint density at radius 2 is 1.69 bits per heavy atom. The van der Waals surface area contributed by atoms with E-state index in [2.05, 4.69) is 5.32 Å². The predicted octanol–water partition coefficient (Wildman–Crippen LogP) is 5.25. The van der Waals surface area contributed by atoms with Crippen LogP contribution in [-0.4, -0.2) is 16.9 Å². The summed E-state index contributed by atoms with van der Waals surface area (Å²) in [5, 5.41) is 6.21. The number of carbonyl (C=O) groups is 1. The van der Waals surface area contributed by atoms with E-state index in [1.54, 1.807) is 0 Å². The van der Waals surface area contributed by atoms with Gasteiger partial charge in [-0.15, -0.1) is 0 Å². The van der Waals surface area contributed by atoms with Crippen molar-refractivity contribution in [1.82, 2.24) is 10.3 Å². The molecule has 144 valence electrons. The van der Waals surface area contributed by atoms with Gasteiger partial charge in [0, 0.05) is 16.8 Å². The monoisotopic (exact) mass is 382 g/mol. The van der Waals surface area contributed by atoms with E-state index in [0.717, 1.165) is 40.2 Å². The first-order chi connectivity index (χ1) is 14.3. The third kappa shape index (κ3) is 3.54. The normalized spacial score (nSPS) is 13.9. The van der Waals surface area contributed by atoms with Crippen molar-refractivity contribution >= 4 is 27.6 Å². The van der Waals surface area contributed by atoms with Crippen LogP contribution in [0.15, 0.2) is 72.8 Å². The molecule has 0 atom stereocenters. The summed E-state index contributed by atoms with van der Waals surface area (Å²) in [5.74, 6) is 0.553. The number of rotatable bonds is 5. The Morgan fingerprint density at radius 3 is 2.52 bits per heavy atom. The molecule has 0 saturated heterocycles. The Bertz CT molecular complexity index is 1200. The lowest BCUT2D eigenvalue weighted by molar-refractivity contribution is 0.0912. The second-order valence-electron chi connectivity index (χ2n) is 7.55. The summed E-state index contributed by atoms with van der Waals surface area (Å²) >= 11 is 0. The Morgan fingerprint density at radius 1 is 0.931 bits per heavy atom. The first-order valence-electron chi connectivity index (χ1n) is 10.1. The van der Waals surface area contributed by atoms with Crippen LogP contribution in [0, 0.1) is 0 Å². The topological polar surface area (TPSA) is 51.2 Å². The molecule has 4 aromatic rings. The number of ether oxygens (including phenoxy) is 1. The third-order valence-electron chi connectivity index (χ3n) is 5.59. The van der Waals surface area contributed by atoms with Crippen LogP contribution in [0.2, 0.25) is 0 Å². The zero-order valence-corrected chi connectivity index (χ0v) is 16.1. The van der Waals surface area contributed by atoms with Gasteiger partial charge in [-0.3, -0.25) is 4.79 Å². The fourth-order valence-electron chi connectivity index (χ4n) is 3.73. The van der Waals surface area contributed by atoms with Crippen molar-refractivity contribution in [3.8, 4) is 5.75 Å². The van der Waals surface area contributed by atoms with Crippen LogP contribution < -0.4 is 10.1 Å². The van der Waals surface area contributed by atoms with E-state index in [-0.39, 0.29) is 11.9 Å². The predicted molar refractivity (Wildman–Crippen MR) is 115 cm³/mol. The molecule has 1 fully saturated rings. The van der Waals surface area contributed by atoms with Gasteiger partial charge in [-0.25, -0.2) is 4.98 Å². The van der Waals surface area contributed by atoms with Gasteiger partial charge in [0.25, 0.3) is 5.91 Å². The Balaban J connectivity index is 1.47. The highest BCUT2D eigenvalue weighted by Crippen LogP contribution is 2.31. The molecule has 0 spiro atoms. The molecule has 0 bridgehead atoms. The van der Waals surface area contributed by atoms with Crippen molar-refractivity contribution in [2.75, 3.05) is 0 Å². The molecule has 1 aliphatic carbocycles. The van der Waals surface area contributed by atoms with E-state index in [1.165, 1.54) is 6.42 Å². The van der Waals surface area contributed by atoms with Crippen molar-refractivity contribution in [3.63, 3.8) is 0 Å². The minimum Gasteiger partial charge on any atom is -0.486 e. The number of pyridine rings is 1. The molecule has 1 saturated carbocycles. The third-order valence-corrected chi connectivity index (χ3v) is 5.59. The van der Waals surface area contributed by atoms with Crippen LogP contribution in [0.25, 0.3) is 21.7 Å². The fourth-order valence-corrected chi connectivity index (χ4v) is 3.73. The van der Waals surface area contributed by atoms with Crippen molar-refractivity contribution in [3.05, 3.63) is 84.1 Å². The highest BCUT2D eigenvalue weighted by molar-refractivity contribution is 6.04. The lowest BCUT2D eigenvalue weighted by Gasteiger charge is -2.27. The van der Waals surface area contributed by atoms with Gasteiger partial charge in [-0.05, 0) is 42.8 Å². The van der Waals surface area contributed by atoms with Gasteiger partial charge in [0.15, 0.2) is 0 Å². The number of nitrogens with zero attached hydrogens (tertiary/aromatic N) is 1. The van der Waals surface area contributed by atoms with Gasteiger partial charge in [0.1, 0.15) is 12.4 Å². The standard InChI is InChI=1S/C25H22N2O2/c28-25(27-19-8-5-9-19)22-15-13-17-6-1-3-10-21(17)24(22)29-16-20-14-12-18-7-2-4-11-23(18)26-20/h1-4,6-7,10-15,19H,5,8-9,16H2,(H,27,28). The molecule has 1 N–H and O–H groups in total. The number of para-hydroxylation sites is 1. The van der Waals surface area contributed by atoms with E-state index >= 15 is 0 Å². The Hall–Kier alpha value is -3.40. The molecule has 1 aromatic heterocycles. The molecule has 1 amide bonds. The molecule has 0 radical (unpaired) electrons. The van der Waals surface area contributed by atoms with E-state index in [4.69, 9.17) is 9.72 Å². The van der Waals surface area contributed by atoms with Crippen molar-refractivity contribution in [2.24, 2.45) is 0 Å². The van der Waals surface area contributed by atoms with Gasteiger partial charge in [0.2, 0.25) is 0 Å². The van der Waals surface area contributed by atoms with E-state index in [9.17, 15) is 4.79 Å². The van der Waals surface area contributed by atoms with Crippen molar-refractivity contribution in [2.45, 2.75) is 31.9 Å². The van der Waals surface area contributed by atoms with Crippen LogP contribution >= 0.6 is 0 Å². The zero-order valence-electron chi connectivity index (χ0n) is 16.1. The number of hydrogen-bond acceptors (Lipinski definition) is 3. The Labute approximate surface area is 169 Å². The molecule has 5 rings (SSSR count). The lowest BCUT2D eigenvalue weighted by Crippen LogP contribution is -2.39. The van der Waals surface area contributed by atoms with Crippen LogP contribution in [0.4, 0.5) is 0 Å². The SMILES string of the molecule is O=C(NC1CCC1)c1ccc2ccccc2c1OCc1ccc2ccccc2n1. The number of nitrogens with one attached hydrogen (secondary N) is 1. The molecule has 1 aliphatic rings. The molecule has 4 heteroatoms. The zero-order chi connectivity index (χ0) is 19.6. The maximum absolute atomic E-state index is 12.9. The van der Waals surface area contributed by atoms with Crippen LogP contribution in [0.3, 0.4) is 0 Å². The average molecular weight is 382 g/mol. The first kappa shape index (κ1) is 17.7. The molecule has 1 heterocycles. The van der Waals surface area contributed by atoms with Crippen LogP contribution in [-0.2, 0) is 6.61 Å². The highest BCUT2D eigenvalue weighted by Gasteiger charge is 2.23. The summed E-state index contributed by atoms with van der Waals surface area (Å²) in [6, 6.07) is 24.2. The lowest BCUT2D eigenvalue weighted by atomic mass is 9.92. The maximum atomic E-state index is 12.9. The largest absolute Gasteiger partial charge is 0.486 e. The van der Waals surface area contributed by atoms with Crippen LogP contribution in [0.5, 0.6) is 5.75 Å². The van der Waals surface area contributed by atoms with Gasteiger partial charge >= 0.3 is 0 Å². The molecule has 4 nitrogen and oxygen atoms in total. The smallest absolute Gasteiger partial charge is 0.255 e. The van der Waals surface area contributed by atoms with Gasteiger partial charge in [-0.2, -0.15) is 0 Å². The number of aromatic nitrogens is 1. The van der Waals surface area contributed by atoms with Crippen LogP contribution in [0.1, 0.15) is 35.3 Å². The summed E-state index contributed by atoms with van der Waals surface area (Å²) in [5.41, 5.74) is 2.35. The van der Waals surface area contributed by atoms with Gasteiger partial charge in [0.05, 0.1) is 16.8 Å². The number of fused-ring (bicyclic) bond motifs is 2. The average Bonchev–Trinajstić information content (AvgIpc) is 2.74. The summed E-state index contributed by atoms with van der Waals surface area (Å²) in [4.78, 5) is 17.6. The molecular formula is C25H22N2O2. The molecule has 3 aromatic carbocycles. The molecule has 0 aliphatic heterocycles. The van der Waals surface area contributed by atoms with E-state index < -0.39 is 0 Å². The van der Waals surface area contributed by atoms with Gasteiger partial charge < -0.3 is 10.1 Å². The van der Waals surface area contributed by atoms with Crippen molar-refractivity contribution < 1.29 is 9.53 Å². The van der Waals surface area contributed by atoms with Crippen molar-refractivity contribution in [1.29, 1.82) is 0 Å². The minimum absolute atomic E-state index is 0.0677. The summed E-state index contributed by atoms with van der Waals surface area (Å²) in [6.07, 6.45) is 3.28. The fraction of sp³-hybridized carbons (Fsp3) is 0.200. The number of hydrogen-bond donors (Lipinski definition) is 1. The minimum atomic E-state index is -0.0677. The summed E-state index contributed by atoms with van der Waals surface area (Å²) in [6.45, 7) is 0.308. The molecule has 0 unspecified atom stereocenters. The first-order valence-corrected chi connectivity index (χ1v) is 10.1. The maximum Gasteiger partial charge on any atom is 0.255 e.